The van der Waals surface area contributed by atoms with Crippen LogP contribution in [0.25, 0.3) is 11.1 Å². The molecule has 1 aliphatic carbocycles. The van der Waals surface area contributed by atoms with Gasteiger partial charge in [-0.2, -0.15) is 0 Å². The Hall–Kier alpha value is -3.08. The second kappa shape index (κ2) is 10.7. The Bertz CT molecular complexity index is 1080. The van der Waals surface area contributed by atoms with Crippen LogP contribution >= 0.6 is 0 Å². The van der Waals surface area contributed by atoms with Crippen molar-refractivity contribution in [3.05, 3.63) is 95.1 Å². The normalized spacial score (nSPS) is 15.7. The fourth-order valence-electron chi connectivity index (χ4n) is 4.25. The van der Waals surface area contributed by atoms with Gasteiger partial charge in [0.2, 0.25) is 0 Å². The molecule has 0 saturated heterocycles. The number of aryl methyl sites for hydroxylation is 1. The fourth-order valence-corrected chi connectivity index (χ4v) is 4.25. The van der Waals surface area contributed by atoms with Crippen LogP contribution in [0.1, 0.15) is 42.0 Å². The quantitative estimate of drug-likeness (QED) is 0.385. The highest BCUT2D eigenvalue weighted by molar-refractivity contribution is 5.99. The van der Waals surface area contributed by atoms with Crippen molar-refractivity contribution in [3.8, 4) is 11.5 Å². The average Bonchev–Trinajstić information content (AvgIpc) is 2.85. The van der Waals surface area contributed by atoms with E-state index in [-0.39, 0.29) is 13.0 Å². The first kappa shape index (κ1) is 23.1. The van der Waals surface area contributed by atoms with Crippen LogP contribution in [-0.4, -0.2) is 39.1 Å². The van der Waals surface area contributed by atoms with Crippen molar-refractivity contribution in [2.45, 2.75) is 32.4 Å². The first-order valence-electron chi connectivity index (χ1n) is 11.5. The van der Waals surface area contributed by atoms with Gasteiger partial charge >= 0.3 is 0 Å². The number of hydrogen-bond donors (Lipinski definition) is 0. The first-order chi connectivity index (χ1) is 16.1. The third-order valence-corrected chi connectivity index (χ3v) is 6.18. The molecule has 0 spiro atoms. The Kier molecular flexibility index (Phi) is 7.48. The van der Waals surface area contributed by atoms with Crippen molar-refractivity contribution < 1.29 is 14.2 Å². The third-order valence-electron chi connectivity index (χ3n) is 6.18. The maximum absolute atomic E-state index is 6.05. The molecule has 0 N–H and O–H groups in total. The molecule has 172 valence electrons. The molecule has 4 nitrogen and oxygen atoms in total. The molecule has 1 unspecified atom stereocenters. The third kappa shape index (κ3) is 5.47. The number of hydrogen-bond acceptors (Lipinski definition) is 4. The van der Waals surface area contributed by atoms with E-state index in [4.69, 9.17) is 14.2 Å². The van der Waals surface area contributed by atoms with E-state index < -0.39 is 0 Å². The molecule has 0 amide bonds. The number of allylic oxidation sites excluding steroid dienone is 1. The molecule has 4 heteroatoms. The van der Waals surface area contributed by atoms with Crippen molar-refractivity contribution >= 4 is 11.1 Å². The summed E-state index contributed by atoms with van der Waals surface area (Å²) in [6.07, 6.45) is 3.36. The topological polar surface area (TPSA) is 30.9 Å². The van der Waals surface area contributed by atoms with Gasteiger partial charge in [-0.15, -0.1) is 0 Å². The van der Waals surface area contributed by atoms with E-state index in [1.165, 1.54) is 33.4 Å². The number of fused-ring (bicyclic) bond motifs is 1. The highest BCUT2D eigenvalue weighted by Gasteiger charge is 2.20. The van der Waals surface area contributed by atoms with Crippen LogP contribution in [0, 0.1) is 0 Å². The summed E-state index contributed by atoms with van der Waals surface area (Å²) in [5.41, 5.74) is 7.83. The zero-order valence-electron chi connectivity index (χ0n) is 20.0. The van der Waals surface area contributed by atoms with Crippen molar-refractivity contribution in [2.24, 2.45) is 0 Å². The Morgan fingerprint density at radius 3 is 2.12 bits per heavy atom. The maximum atomic E-state index is 6.05. The van der Waals surface area contributed by atoms with Crippen LogP contribution in [0.2, 0.25) is 0 Å². The summed E-state index contributed by atoms with van der Waals surface area (Å²) in [6.45, 7) is 2.29. The molecule has 0 bridgehead atoms. The number of methoxy groups -OCH3 is 1. The smallest absolute Gasteiger partial charge is 0.188 e. The second-order valence-corrected chi connectivity index (χ2v) is 8.64. The molecule has 0 radical (unpaired) electrons. The van der Waals surface area contributed by atoms with Crippen molar-refractivity contribution in [3.63, 3.8) is 0 Å². The monoisotopic (exact) mass is 443 g/mol. The van der Waals surface area contributed by atoms with E-state index in [0.29, 0.717) is 0 Å². The number of rotatable bonds is 8. The van der Waals surface area contributed by atoms with Crippen LogP contribution in [-0.2, 0) is 11.2 Å². The molecule has 0 aromatic heterocycles. The highest BCUT2D eigenvalue weighted by atomic mass is 16.7. The predicted octanol–water partition coefficient (Wildman–Crippen LogP) is 6.25. The highest BCUT2D eigenvalue weighted by Crippen LogP contribution is 2.40. The molecule has 3 aromatic rings. The van der Waals surface area contributed by atoms with Crippen molar-refractivity contribution in [2.75, 3.05) is 28.0 Å². The SMILES string of the molecule is COCOc1ccc(C(=C2CCCc3ccccc32)c2ccc(OC(C)N(C)C)cc2)cc1. The lowest BCUT2D eigenvalue weighted by Gasteiger charge is -2.24. The van der Waals surface area contributed by atoms with Gasteiger partial charge < -0.3 is 14.2 Å². The summed E-state index contributed by atoms with van der Waals surface area (Å²) in [7, 11) is 5.66. The molecular weight excluding hydrogens is 410 g/mol. The van der Waals surface area contributed by atoms with Gasteiger partial charge in [0, 0.05) is 7.11 Å². The fraction of sp³-hybridized carbons (Fsp3) is 0.310. The molecule has 0 saturated carbocycles. The van der Waals surface area contributed by atoms with Crippen molar-refractivity contribution in [1.29, 1.82) is 0 Å². The van der Waals surface area contributed by atoms with Gasteiger partial charge in [-0.3, -0.25) is 4.90 Å². The van der Waals surface area contributed by atoms with E-state index in [1.807, 2.05) is 38.1 Å². The first-order valence-corrected chi connectivity index (χ1v) is 11.5. The molecule has 1 atom stereocenters. The van der Waals surface area contributed by atoms with E-state index in [0.717, 1.165) is 30.8 Å². The maximum Gasteiger partial charge on any atom is 0.188 e. The van der Waals surface area contributed by atoms with Crippen molar-refractivity contribution in [1.82, 2.24) is 4.90 Å². The molecule has 1 aliphatic rings. The predicted molar refractivity (Wildman–Crippen MR) is 134 cm³/mol. The Labute approximate surface area is 197 Å². The van der Waals surface area contributed by atoms with Crippen LogP contribution < -0.4 is 9.47 Å². The van der Waals surface area contributed by atoms with E-state index in [1.54, 1.807) is 7.11 Å². The van der Waals surface area contributed by atoms with Gasteiger partial charge in [-0.25, -0.2) is 0 Å². The van der Waals surface area contributed by atoms with Gasteiger partial charge in [-0.1, -0.05) is 48.5 Å². The van der Waals surface area contributed by atoms with E-state index in [2.05, 4.69) is 60.7 Å². The minimum absolute atomic E-state index is 0.0125. The summed E-state index contributed by atoms with van der Waals surface area (Å²) in [5.74, 6) is 1.67. The number of benzene rings is 3. The van der Waals surface area contributed by atoms with E-state index >= 15 is 0 Å². The summed E-state index contributed by atoms with van der Waals surface area (Å²) < 4.78 is 16.7. The lowest BCUT2D eigenvalue weighted by Crippen LogP contribution is -2.30. The summed E-state index contributed by atoms with van der Waals surface area (Å²) >= 11 is 0. The lowest BCUT2D eigenvalue weighted by molar-refractivity contribution is 0.0511. The molecule has 0 fully saturated rings. The van der Waals surface area contributed by atoms with Gasteiger partial charge in [0.1, 0.15) is 17.7 Å². The Balaban J connectivity index is 1.76. The lowest BCUT2D eigenvalue weighted by atomic mass is 9.81. The van der Waals surface area contributed by atoms with E-state index in [9.17, 15) is 0 Å². The molecular formula is C29H33NO3. The minimum Gasteiger partial charge on any atom is -0.475 e. The van der Waals surface area contributed by atoms with Gasteiger partial charge in [-0.05, 0) is 97.9 Å². The molecule has 3 aromatic carbocycles. The van der Waals surface area contributed by atoms with Crippen LogP contribution in [0.4, 0.5) is 0 Å². The van der Waals surface area contributed by atoms with Crippen LogP contribution in [0.15, 0.2) is 72.8 Å². The Morgan fingerprint density at radius 1 is 0.848 bits per heavy atom. The Morgan fingerprint density at radius 2 is 1.48 bits per heavy atom. The minimum atomic E-state index is 0.0125. The van der Waals surface area contributed by atoms with Crippen LogP contribution in [0.3, 0.4) is 0 Å². The summed E-state index contributed by atoms with van der Waals surface area (Å²) in [4.78, 5) is 2.05. The van der Waals surface area contributed by atoms with Crippen LogP contribution in [0.5, 0.6) is 11.5 Å². The zero-order valence-corrected chi connectivity index (χ0v) is 20.0. The second-order valence-electron chi connectivity index (χ2n) is 8.64. The molecule has 0 aliphatic heterocycles. The number of ether oxygens (including phenoxy) is 3. The molecule has 33 heavy (non-hydrogen) atoms. The summed E-state index contributed by atoms with van der Waals surface area (Å²) in [5, 5.41) is 0. The van der Waals surface area contributed by atoms with Gasteiger partial charge in [0.15, 0.2) is 6.79 Å². The van der Waals surface area contributed by atoms with Gasteiger partial charge in [0.25, 0.3) is 0 Å². The standard InChI is InChI=1S/C29H33NO3/c1-21(30(2)3)33-26-18-14-24(15-19-26)29(23-12-16-25(17-13-23)32-20-31-4)28-11-7-9-22-8-5-6-10-27(22)28/h5-6,8,10,12-19,21H,7,9,11,20H2,1-4H3. The summed E-state index contributed by atoms with van der Waals surface area (Å²) in [6, 6.07) is 25.6. The van der Waals surface area contributed by atoms with Gasteiger partial charge in [0.05, 0.1) is 0 Å². The zero-order chi connectivity index (χ0) is 23.2. The largest absolute Gasteiger partial charge is 0.475 e. The average molecular weight is 444 g/mol. The molecule has 0 heterocycles. The number of nitrogens with zero attached hydrogens (tertiary/aromatic N) is 1. The molecule has 4 rings (SSSR count).